The minimum Gasteiger partial charge on any atom is -0.193 e. The summed E-state index contributed by atoms with van der Waals surface area (Å²) in [4.78, 5) is 0. The van der Waals surface area contributed by atoms with Crippen molar-refractivity contribution in [2.75, 3.05) is 0 Å². The largest absolute Gasteiger partial charge is 0.193 e. The van der Waals surface area contributed by atoms with Crippen molar-refractivity contribution in [3.05, 3.63) is 47.5 Å². The highest BCUT2D eigenvalue weighted by Gasteiger charge is 2.30. The Morgan fingerprint density at radius 2 is 1.43 bits per heavy atom. The monoisotopic (exact) mass is 307 g/mol. The van der Waals surface area contributed by atoms with Crippen molar-refractivity contribution < 1.29 is 0 Å². The van der Waals surface area contributed by atoms with Gasteiger partial charge in [-0.15, -0.1) is 0 Å². The second kappa shape index (κ2) is 7.82. The molecular weight excluding hydrogens is 278 g/mol. The fourth-order valence-corrected chi connectivity index (χ4v) is 4.75. The maximum absolute atomic E-state index is 8.65. The SMILES string of the molecule is Cc1ccc(C2CCC(C3CCC(C=CC#N)CC3)CC2)cc1. The third kappa shape index (κ3) is 4.25. The van der Waals surface area contributed by atoms with E-state index in [1.54, 1.807) is 11.6 Å². The normalized spacial score (nSPS) is 31.8. The van der Waals surface area contributed by atoms with Gasteiger partial charge in [-0.2, -0.15) is 5.26 Å². The molecule has 0 radical (unpaired) electrons. The van der Waals surface area contributed by atoms with Gasteiger partial charge in [-0.3, -0.25) is 0 Å². The molecule has 0 N–H and O–H groups in total. The molecule has 1 heteroatoms. The topological polar surface area (TPSA) is 23.8 Å². The summed E-state index contributed by atoms with van der Waals surface area (Å²) in [5.41, 5.74) is 2.92. The van der Waals surface area contributed by atoms with Crippen molar-refractivity contribution in [1.29, 1.82) is 5.26 Å². The molecule has 0 saturated heterocycles. The molecule has 23 heavy (non-hydrogen) atoms. The van der Waals surface area contributed by atoms with Gasteiger partial charge in [0.2, 0.25) is 0 Å². The highest BCUT2D eigenvalue weighted by atomic mass is 14.4. The van der Waals surface area contributed by atoms with Crippen LogP contribution in [0.5, 0.6) is 0 Å². The lowest BCUT2D eigenvalue weighted by atomic mass is 9.68. The van der Waals surface area contributed by atoms with E-state index in [2.05, 4.69) is 43.3 Å². The Morgan fingerprint density at radius 1 is 0.870 bits per heavy atom. The number of hydrogen-bond donors (Lipinski definition) is 0. The molecule has 0 spiro atoms. The molecule has 0 heterocycles. The van der Waals surface area contributed by atoms with Crippen molar-refractivity contribution in [2.24, 2.45) is 17.8 Å². The first kappa shape index (κ1) is 16.3. The third-order valence-corrected chi connectivity index (χ3v) is 6.25. The van der Waals surface area contributed by atoms with Crippen molar-refractivity contribution in [3.8, 4) is 6.07 Å². The second-order valence-electron chi connectivity index (χ2n) is 7.69. The maximum Gasteiger partial charge on any atom is 0.0908 e. The molecule has 3 rings (SSSR count). The van der Waals surface area contributed by atoms with Crippen LogP contribution in [0.4, 0.5) is 0 Å². The Bertz CT molecular complexity index is 547. The van der Waals surface area contributed by atoms with Gasteiger partial charge in [-0.1, -0.05) is 35.9 Å². The van der Waals surface area contributed by atoms with E-state index in [0.717, 1.165) is 17.8 Å². The minimum absolute atomic E-state index is 0.662. The fraction of sp³-hybridized carbons (Fsp3) is 0.591. The van der Waals surface area contributed by atoms with Crippen molar-refractivity contribution in [2.45, 2.75) is 64.2 Å². The van der Waals surface area contributed by atoms with Gasteiger partial charge < -0.3 is 0 Å². The highest BCUT2D eigenvalue weighted by molar-refractivity contribution is 5.24. The molecule has 1 nitrogen and oxygen atoms in total. The lowest BCUT2D eigenvalue weighted by molar-refractivity contribution is 0.171. The molecule has 2 fully saturated rings. The molecule has 2 aliphatic carbocycles. The van der Waals surface area contributed by atoms with E-state index >= 15 is 0 Å². The van der Waals surface area contributed by atoms with Gasteiger partial charge in [-0.25, -0.2) is 0 Å². The van der Waals surface area contributed by atoms with Gasteiger partial charge in [0, 0.05) is 6.08 Å². The number of nitriles is 1. The summed E-state index contributed by atoms with van der Waals surface area (Å²) < 4.78 is 0. The first-order valence-corrected chi connectivity index (χ1v) is 9.39. The van der Waals surface area contributed by atoms with Crippen LogP contribution in [0.15, 0.2) is 36.4 Å². The lowest BCUT2D eigenvalue weighted by Gasteiger charge is -2.37. The van der Waals surface area contributed by atoms with E-state index in [4.69, 9.17) is 5.26 Å². The molecule has 1 aromatic rings. The zero-order valence-corrected chi connectivity index (χ0v) is 14.4. The van der Waals surface area contributed by atoms with E-state index in [-0.39, 0.29) is 0 Å². The molecular formula is C22H29N. The molecule has 0 unspecified atom stereocenters. The molecule has 0 aliphatic heterocycles. The summed E-state index contributed by atoms with van der Waals surface area (Å²) in [5, 5.41) is 8.65. The van der Waals surface area contributed by atoms with Crippen LogP contribution in [0.1, 0.15) is 68.4 Å². The average Bonchev–Trinajstić information content (AvgIpc) is 2.61. The Balaban J connectivity index is 1.47. The van der Waals surface area contributed by atoms with Crippen molar-refractivity contribution in [3.63, 3.8) is 0 Å². The fourth-order valence-electron chi connectivity index (χ4n) is 4.75. The Hall–Kier alpha value is -1.55. The number of rotatable bonds is 3. The van der Waals surface area contributed by atoms with Crippen LogP contribution >= 0.6 is 0 Å². The van der Waals surface area contributed by atoms with Crippen molar-refractivity contribution >= 4 is 0 Å². The first-order valence-electron chi connectivity index (χ1n) is 9.39. The Kier molecular flexibility index (Phi) is 5.55. The number of hydrogen-bond acceptors (Lipinski definition) is 1. The van der Waals surface area contributed by atoms with Gasteiger partial charge in [0.15, 0.2) is 0 Å². The molecule has 0 bridgehead atoms. The lowest BCUT2D eigenvalue weighted by Crippen LogP contribution is -2.25. The number of nitrogens with zero attached hydrogens (tertiary/aromatic N) is 1. The zero-order chi connectivity index (χ0) is 16.1. The van der Waals surface area contributed by atoms with Gasteiger partial charge in [0.25, 0.3) is 0 Å². The Labute approximate surface area is 141 Å². The molecule has 1 aromatic carbocycles. The summed E-state index contributed by atoms with van der Waals surface area (Å²) in [7, 11) is 0. The van der Waals surface area contributed by atoms with E-state index < -0.39 is 0 Å². The standard InChI is InChI=1S/C22H29N/c1-17-4-8-19(9-5-17)21-12-14-22(15-13-21)20-10-6-18(7-11-20)3-2-16-23/h2-5,8-9,18,20-22H,6-7,10-15H2,1H3. The summed E-state index contributed by atoms with van der Waals surface area (Å²) in [5.74, 6) is 3.36. The van der Waals surface area contributed by atoms with Crippen molar-refractivity contribution in [1.82, 2.24) is 0 Å². The van der Waals surface area contributed by atoms with Crippen LogP contribution in [0, 0.1) is 36.0 Å². The minimum atomic E-state index is 0.662. The molecule has 122 valence electrons. The summed E-state index contributed by atoms with van der Waals surface area (Å²) in [6.07, 6.45) is 14.7. The van der Waals surface area contributed by atoms with Crippen LogP contribution in [-0.4, -0.2) is 0 Å². The van der Waals surface area contributed by atoms with Crippen LogP contribution < -0.4 is 0 Å². The van der Waals surface area contributed by atoms with E-state index in [0.29, 0.717) is 5.92 Å². The van der Waals surface area contributed by atoms with Crippen LogP contribution in [-0.2, 0) is 0 Å². The van der Waals surface area contributed by atoms with Crippen LogP contribution in [0.3, 0.4) is 0 Å². The van der Waals surface area contributed by atoms with E-state index in [1.807, 2.05) is 0 Å². The summed E-state index contributed by atoms with van der Waals surface area (Å²) in [6.45, 7) is 2.17. The summed E-state index contributed by atoms with van der Waals surface area (Å²) in [6, 6.07) is 11.3. The van der Waals surface area contributed by atoms with Gasteiger partial charge in [0.1, 0.15) is 0 Å². The first-order chi connectivity index (χ1) is 11.3. The maximum atomic E-state index is 8.65. The van der Waals surface area contributed by atoms with Gasteiger partial charge in [-0.05, 0) is 87.5 Å². The molecule has 2 aliphatic rings. The third-order valence-electron chi connectivity index (χ3n) is 6.25. The number of benzene rings is 1. The second-order valence-corrected chi connectivity index (χ2v) is 7.69. The van der Waals surface area contributed by atoms with Crippen LogP contribution in [0.2, 0.25) is 0 Å². The highest BCUT2D eigenvalue weighted by Crippen LogP contribution is 2.44. The van der Waals surface area contributed by atoms with E-state index in [9.17, 15) is 0 Å². The number of allylic oxidation sites excluding steroid dienone is 2. The zero-order valence-electron chi connectivity index (χ0n) is 14.4. The molecule has 0 aromatic heterocycles. The van der Waals surface area contributed by atoms with Crippen LogP contribution in [0.25, 0.3) is 0 Å². The smallest absolute Gasteiger partial charge is 0.0908 e. The summed E-state index contributed by atoms with van der Waals surface area (Å²) >= 11 is 0. The van der Waals surface area contributed by atoms with E-state index in [1.165, 1.54) is 56.9 Å². The predicted molar refractivity (Wildman–Crippen MR) is 96.1 cm³/mol. The van der Waals surface area contributed by atoms with Gasteiger partial charge in [0.05, 0.1) is 6.07 Å². The number of aryl methyl sites for hydroxylation is 1. The quantitative estimate of drug-likeness (QED) is 0.614. The predicted octanol–water partition coefficient (Wildman–Crippen LogP) is 6.16. The van der Waals surface area contributed by atoms with Gasteiger partial charge >= 0.3 is 0 Å². The molecule has 2 saturated carbocycles. The Morgan fingerprint density at radius 3 is 2.00 bits per heavy atom. The average molecular weight is 307 g/mol. The molecule has 0 amide bonds. The molecule has 0 atom stereocenters.